The summed E-state index contributed by atoms with van der Waals surface area (Å²) in [5.74, 6) is 0. The zero-order chi connectivity index (χ0) is 17.2. The van der Waals surface area contributed by atoms with Crippen molar-refractivity contribution in [3.63, 3.8) is 0 Å². The van der Waals surface area contributed by atoms with Gasteiger partial charge in [-0.05, 0) is 37.3 Å². The van der Waals surface area contributed by atoms with E-state index in [-0.39, 0.29) is 5.56 Å². The molecule has 0 fully saturated rings. The quantitative estimate of drug-likeness (QED) is 0.578. The van der Waals surface area contributed by atoms with Gasteiger partial charge in [-0.15, -0.1) is 0 Å². The molecule has 0 saturated carbocycles. The zero-order valence-corrected chi connectivity index (χ0v) is 13.6. The van der Waals surface area contributed by atoms with Gasteiger partial charge in [-0.25, -0.2) is 9.97 Å². The lowest BCUT2D eigenvalue weighted by Gasteiger charge is -2.10. The molecule has 25 heavy (non-hydrogen) atoms. The van der Waals surface area contributed by atoms with Crippen molar-refractivity contribution in [1.82, 2.24) is 24.5 Å². The molecule has 0 saturated heterocycles. The minimum absolute atomic E-state index is 0.0785. The molecule has 0 aromatic carbocycles. The Balaban J connectivity index is 2.09. The average molecular weight is 329 g/mol. The van der Waals surface area contributed by atoms with Gasteiger partial charge in [-0.1, -0.05) is 0 Å². The van der Waals surface area contributed by atoms with Gasteiger partial charge in [-0.2, -0.15) is 0 Å². The lowest BCUT2D eigenvalue weighted by Crippen LogP contribution is -2.20. The van der Waals surface area contributed by atoms with Gasteiger partial charge in [0.05, 0.1) is 23.1 Å². The van der Waals surface area contributed by atoms with Gasteiger partial charge in [0, 0.05) is 42.5 Å². The predicted octanol–water partition coefficient (Wildman–Crippen LogP) is 2.94. The number of aryl methyl sites for hydroxylation is 1. The van der Waals surface area contributed by atoms with Crippen LogP contribution in [0.15, 0.2) is 66.2 Å². The van der Waals surface area contributed by atoms with Crippen LogP contribution < -0.4 is 5.56 Å². The molecule has 0 aliphatic heterocycles. The molecule has 0 amide bonds. The van der Waals surface area contributed by atoms with Crippen LogP contribution in [0, 0.1) is 0 Å². The minimum atomic E-state index is -0.0785. The molecule has 0 bridgehead atoms. The van der Waals surface area contributed by atoms with Crippen LogP contribution in [-0.2, 0) is 6.54 Å². The highest BCUT2D eigenvalue weighted by Crippen LogP contribution is 2.27. The molecule has 0 N–H and O–H groups in total. The highest BCUT2D eigenvalue weighted by atomic mass is 16.1. The van der Waals surface area contributed by atoms with Crippen LogP contribution in [0.3, 0.4) is 0 Å². The summed E-state index contributed by atoms with van der Waals surface area (Å²) in [4.78, 5) is 30.3. The topological polar surface area (TPSA) is 73.6 Å². The molecule has 6 nitrogen and oxygen atoms in total. The van der Waals surface area contributed by atoms with Gasteiger partial charge in [0.1, 0.15) is 5.52 Å². The minimum Gasteiger partial charge on any atom is -0.299 e. The second-order valence-corrected chi connectivity index (χ2v) is 5.57. The van der Waals surface area contributed by atoms with E-state index in [9.17, 15) is 4.79 Å². The first kappa shape index (κ1) is 15.1. The van der Waals surface area contributed by atoms with Crippen LogP contribution in [0.4, 0.5) is 0 Å². The molecule has 0 radical (unpaired) electrons. The monoisotopic (exact) mass is 329 g/mol. The fourth-order valence-electron chi connectivity index (χ4n) is 2.76. The Hall–Kier alpha value is -3.41. The molecule has 4 aromatic heterocycles. The first-order valence-corrected chi connectivity index (χ1v) is 7.99. The summed E-state index contributed by atoms with van der Waals surface area (Å²) < 4.78 is 1.59. The molecular weight excluding hydrogens is 314 g/mol. The predicted molar refractivity (Wildman–Crippen MR) is 95.9 cm³/mol. The summed E-state index contributed by atoms with van der Waals surface area (Å²) in [6, 6.07) is 9.30. The van der Waals surface area contributed by atoms with Crippen molar-refractivity contribution in [2.24, 2.45) is 0 Å². The fourth-order valence-corrected chi connectivity index (χ4v) is 2.76. The third kappa shape index (κ3) is 2.67. The normalized spacial score (nSPS) is 10.9. The molecule has 0 aliphatic carbocycles. The van der Waals surface area contributed by atoms with Gasteiger partial charge in [0.2, 0.25) is 0 Å². The third-order valence-electron chi connectivity index (χ3n) is 4.04. The summed E-state index contributed by atoms with van der Waals surface area (Å²) in [6.45, 7) is 2.48. The fraction of sp³-hybridized carbons (Fsp3) is 0.105. The molecule has 0 aliphatic rings. The molecule has 4 rings (SSSR count). The summed E-state index contributed by atoms with van der Waals surface area (Å²) in [6.07, 6.45) is 8.43. The second-order valence-electron chi connectivity index (χ2n) is 5.57. The Bertz CT molecular complexity index is 1090. The summed E-state index contributed by atoms with van der Waals surface area (Å²) >= 11 is 0. The van der Waals surface area contributed by atoms with Crippen LogP contribution in [-0.4, -0.2) is 24.5 Å². The van der Waals surface area contributed by atoms with Crippen LogP contribution in [0.5, 0.6) is 0 Å². The maximum atomic E-state index is 12.8. The van der Waals surface area contributed by atoms with Gasteiger partial charge in [0.15, 0.2) is 0 Å². The highest BCUT2D eigenvalue weighted by molar-refractivity contribution is 5.93. The van der Waals surface area contributed by atoms with E-state index >= 15 is 0 Å². The van der Waals surface area contributed by atoms with Gasteiger partial charge in [-0.3, -0.25) is 19.3 Å². The first-order valence-electron chi connectivity index (χ1n) is 7.99. The molecule has 0 unspecified atom stereocenters. The Morgan fingerprint density at radius 1 is 1.04 bits per heavy atom. The number of rotatable bonds is 3. The van der Waals surface area contributed by atoms with E-state index in [1.807, 2.05) is 31.2 Å². The van der Waals surface area contributed by atoms with Crippen molar-refractivity contribution in [1.29, 1.82) is 0 Å². The molecule has 4 aromatic rings. The summed E-state index contributed by atoms with van der Waals surface area (Å²) in [5.41, 5.74) is 3.50. The molecule has 6 heteroatoms. The average Bonchev–Trinajstić information content (AvgIpc) is 2.69. The van der Waals surface area contributed by atoms with E-state index in [4.69, 9.17) is 4.98 Å². The van der Waals surface area contributed by atoms with Crippen LogP contribution in [0.25, 0.3) is 33.4 Å². The second kappa shape index (κ2) is 6.24. The van der Waals surface area contributed by atoms with Crippen molar-refractivity contribution in [2.75, 3.05) is 0 Å². The Morgan fingerprint density at radius 3 is 2.40 bits per heavy atom. The standard InChI is InChI=1S/C19H15N5O/c1-2-24-12-22-18-15(19(24)25)9-16(13-5-3-7-20-10-13)23-17(18)14-6-4-8-21-11-14/h3-12H,2H2,1H3. The number of nitrogens with zero attached hydrogens (tertiary/aromatic N) is 5. The number of aromatic nitrogens is 5. The number of hydrogen-bond donors (Lipinski definition) is 0. The summed E-state index contributed by atoms with van der Waals surface area (Å²) in [5, 5.41) is 0.539. The first-order chi connectivity index (χ1) is 12.3. The number of hydrogen-bond acceptors (Lipinski definition) is 5. The van der Waals surface area contributed by atoms with Crippen LogP contribution >= 0.6 is 0 Å². The van der Waals surface area contributed by atoms with Crippen molar-refractivity contribution in [2.45, 2.75) is 13.5 Å². The maximum Gasteiger partial charge on any atom is 0.261 e. The van der Waals surface area contributed by atoms with E-state index in [1.54, 1.807) is 41.7 Å². The Kier molecular flexibility index (Phi) is 3.78. The maximum absolute atomic E-state index is 12.8. The van der Waals surface area contributed by atoms with E-state index in [1.165, 1.54) is 0 Å². The molecular formula is C19H15N5O. The number of pyridine rings is 3. The Labute approximate surface area is 143 Å². The Morgan fingerprint density at radius 2 is 1.76 bits per heavy atom. The molecule has 4 heterocycles. The zero-order valence-electron chi connectivity index (χ0n) is 13.6. The lowest BCUT2D eigenvalue weighted by atomic mass is 10.1. The van der Waals surface area contributed by atoms with Crippen LogP contribution in [0.1, 0.15) is 6.92 Å². The van der Waals surface area contributed by atoms with E-state index in [0.717, 1.165) is 11.1 Å². The van der Waals surface area contributed by atoms with E-state index in [0.29, 0.717) is 28.8 Å². The van der Waals surface area contributed by atoms with Gasteiger partial charge >= 0.3 is 0 Å². The van der Waals surface area contributed by atoms with E-state index in [2.05, 4.69) is 15.0 Å². The highest BCUT2D eigenvalue weighted by Gasteiger charge is 2.14. The largest absolute Gasteiger partial charge is 0.299 e. The van der Waals surface area contributed by atoms with Crippen molar-refractivity contribution < 1.29 is 0 Å². The van der Waals surface area contributed by atoms with Gasteiger partial charge < -0.3 is 0 Å². The van der Waals surface area contributed by atoms with Crippen molar-refractivity contribution in [3.8, 4) is 22.5 Å². The number of fused-ring (bicyclic) bond motifs is 1. The van der Waals surface area contributed by atoms with Crippen molar-refractivity contribution >= 4 is 10.9 Å². The third-order valence-corrected chi connectivity index (χ3v) is 4.04. The van der Waals surface area contributed by atoms with E-state index < -0.39 is 0 Å². The van der Waals surface area contributed by atoms with Crippen molar-refractivity contribution in [3.05, 3.63) is 71.8 Å². The molecule has 0 atom stereocenters. The molecule has 0 spiro atoms. The lowest BCUT2D eigenvalue weighted by molar-refractivity contribution is 0.717. The molecule has 122 valence electrons. The SMILES string of the molecule is CCn1cnc2c(-c3cccnc3)nc(-c3cccnc3)cc2c1=O. The summed E-state index contributed by atoms with van der Waals surface area (Å²) in [7, 11) is 0. The van der Waals surface area contributed by atoms with Gasteiger partial charge in [0.25, 0.3) is 5.56 Å². The van der Waals surface area contributed by atoms with Crippen LogP contribution in [0.2, 0.25) is 0 Å². The smallest absolute Gasteiger partial charge is 0.261 e.